The molecule has 0 saturated carbocycles. The first-order valence-electron chi connectivity index (χ1n) is 9.14. The zero-order chi connectivity index (χ0) is 19.0. The molecule has 1 aromatic carbocycles. The number of Topliss-reactive ketones (excluding diaryl/α,β-unsaturated/α-hetero) is 1. The van der Waals surface area contributed by atoms with Crippen LogP contribution < -0.4 is 10.5 Å². The molecule has 0 fully saturated rings. The van der Waals surface area contributed by atoms with Crippen molar-refractivity contribution in [2.75, 3.05) is 13.1 Å². The van der Waals surface area contributed by atoms with Gasteiger partial charge in [-0.05, 0) is 36.6 Å². The number of carbonyl (C=O) groups is 1. The van der Waals surface area contributed by atoms with Gasteiger partial charge in [-0.25, -0.2) is 4.98 Å². The van der Waals surface area contributed by atoms with Crippen LogP contribution in [0, 0.1) is 6.92 Å². The summed E-state index contributed by atoms with van der Waals surface area (Å²) in [7, 11) is 0. The Balaban J connectivity index is 1.55. The summed E-state index contributed by atoms with van der Waals surface area (Å²) in [4.78, 5) is 34.5. The standard InChI is InChI=1S/C21H21N3O2S/c1-13-18-20(26)22-17(23-21(18)27-19(13)14(2)25)12-24-10-8-16(9-11-24)15-6-4-3-5-7-15/h3-8H,9-12H2,1-2H3,(H,22,23,26)/p+1. The number of H-pyrrole nitrogens is 1. The first-order valence-corrected chi connectivity index (χ1v) is 9.96. The van der Waals surface area contributed by atoms with E-state index in [0.29, 0.717) is 27.5 Å². The number of thiophene rings is 1. The molecule has 5 nitrogen and oxygen atoms in total. The van der Waals surface area contributed by atoms with Crippen molar-refractivity contribution in [3.05, 3.63) is 68.6 Å². The van der Waals surface area contributed by atoms with Crippen molar-refractivity contribution in [2.24, 2.45) is 0 Å². The average molecular weight is 380 g/mol. The first kappa shape index (κ1) is 17.8. The van der Waals surface area contributed by atoms with E-state index < -0.39 is 0 Å². The van der Waals surface area contributed by atoms with Crippen molar-refractivity contribution >= 4 is 32.9 Å². The number of carbonyl (C=O) groups excluding carboxylic acids is 1. The highest BCUT2D eigenvalue weighted by Crippen LogP contribution is 2.27. The molecule has 1 aliphatic rings. The number of nitrogens with one attached hydrogen (secondary N) is 2. The van der Waals surface area contributed by atoms with Gasteiger partial charge in [-0.1, -0.05) is 30.3 Å². The van der Waals surface area contributed by atoms with E-state index in [2.05, 4.69) is 40.3 Å². The molecule has 1 unspecified atom stereocenters. The largest absolute Gasteiger partial charge is 0.325 e. The van der Waals surface area contributed by atoms with Crippen molar-refractivity contribution in [3.63, 3.8) is 0 Å². The molecule has 27 heavy (non-hydrogen) atoms. The SMILES string of the molecule is CC(=O)c1sc2nc(C[NH+]3CC=C(c4ccccc4)CC3)[nH]c(=O)c2c1C. The zero-order valence-electron chi connectivity index (χ0n) is 15.5. The number of fused-ring (bicyclic) bond motifs is 1. The Morgan fingerprint density at radius 2 is 2.07 bits per heavy atom. The van der Waals surface area contributed by atoms with Crippen molar-refractivity contribution in [1.82, 2.24) is 9.97 Å². The van der Waals surface area contributed by atoms with Crippen LogP contribution >= 0.6 is 11.3 Å². The molecule has 0 amide bonds. The number of rotatable bonds is 4. The minimum Gasteiger partial charge on any atom is -0.325 e. The molecule has 0 spiro atoms. The molecule has 6 heteroatoms. The van der Waals surface area contributed by atoms with Crippen LogP contribution in [0.25, 0.3) is 15.8 Å². The molecule has 3 heterocycles. The number of aromatic amines is 1. The number of aromatic nitrogens is 2. The quantitative estimate of drug-likeness (QED) is 0.683. The fraction of sp³-hybridized carbons (Fsp3) is 0.286. The molecule has 0 bridgehead atoms. The normalized spacial score (nSPS) is 17.1. The van der Waals surface area contributed by atoms with Gasteiger partial charge < -0.3 is 9.88 Å². The van der Waals surface area contributed by atoms with Gasteiger partial charge in [-0.2, -0.15) is 0 Å². The number of aryl methyl sites for hydroxylation is 1. The van der Waals surface area contributed by atoms with E-state index in [1.165, 1.54) is 34.3 Å². The molecule has 138 valence electrons. The molecule has 3 aromatic rings. The van der Waals surface area contributed by atoms with E-state index in [0.717, 1.165) is 25.1 Å². The highest BCUT2D eigenvalue weighted by Gasteiger charge is 2.20. The van der Waals surface area contributed by atoms with Gasteiger partial charge in [0.2, 0.25) is 0 Å². The molecule has 0 aliphatic carbocycles. The van der Waals surface area contributed by atoms with Crippen LogP contribution in [0.4, 0.5) is 0 Å². The van der Waals surface area contributed by atoms with Crippen LogP contribution in [-0.4, -0.2) is 28.8 Å². The Morgan fingerprint density at radius 1 is 1.30 bits per heavy atom. The van der Waals surface area contributed by atoms with E-state index in [9.17, 15) is 9.59 Å². The van der Waals surface area contributed by atoms with Crippen molar-refractivity contribution in [2.45, 2.75) is 26.8 Å². The minimum absolute atomic E-state index is 0.0170. The molecule has 0 radical (unpaired) electrons. The summed E-state index contributed by atoms with van der Waals surface area (Å²) in [5, 5.41) is 0.550. The lowest BCUT2D eigenvalue weighted by Gasteiger charge is -2.23. The second kappa shape index (κ2) is 7.21. The Hall–Kier alpha value is -2.57. The van der Waals surface area contributed by atoms with Gasteiger partial charge in [0.05, 0.1) is 23.4 Å². The van der Waals surface area contributed by atoms with E-state index in [1.807, 2.05) is 13.0 Å². The maximum Gasteiger partial charge on any atom is 0.260 e. The molecule has 2 N–H and O–H groups in total. The third-order valence-corrected chi connectivity index (χ3v) is 6.40. The van der Waals surface area contributed by atoms with Crippen LogP contribution in [-0.2, 0) is 6.54 Å². The van der Waals surface area contributed by atoms with E-state index in [-0.39, 0.29) is 11.3 Å². The lowest BCUT2D eigenvalue weighted by atomic mass is 10.00. The molecular weight excluding hydrogens is 358 g/mol. The summed E-state index contributed by atoms with van der Waals surface area (Å²) in [5.74, 6) is 0.673. The molecule has 0 saturated heterocycles. The second-order valence-electron chi connectivity index (χ2n) is 7.03. The monoisotopic (exact) mass is 380 g/mol. The summed E-state index contributed by atoms with van der Waals surface area (Å²) in [6.45, 7) is 5.94. The van der Waals surface area contributed by atoms with Crippen LogP contribution in [0.3, 0.4) is 0 Å². The minimum atomic E-state index is -0.145. The highest BCUT2D eigenvalue weighted by molar-refractivity contribution is 7.20. The summed E-state index contributed by atoms with van der Waals surface area (Å²) < 4.78 is 0. The van der Waals surface area contributed by atoms with Gasteiger partial charge in [0.15, 0.2) is 11.6 Å². The number of hydrogen-bond donors (Lipinski definition) is 2. The van der Waals surface area contributed by atoms with Crippen molar-refractivity contribution < 1.29 is 9.69 Å². The summed E-state index contributed by atoms with van der Waals surface area (Å²) >= 11 is 1.32. The molecular formula is C21H22N3O2S+. The molecule has 2 aromatic heterocycles. The third kappa shape index (κ3) is 3.50. The van der Waals surface area contributed by atoms with Gasteiger partial charge >= 0.3 is 0 Å². The Bertz CT molecular complexity index is 1100. The van der Waals surface area contributed by atoms with Gasteiger partial charge in [-0.3, -0.25) is 9.59 Å². The molecule has 1 atom stereocenters. The summed E-state index contributed by atoms with van der Waals surface area (Å²) in [6.07, 6.45) is 3.30. The van der Waals surface area contributed by atoms with Gasteiger partial charge in [0, 0.05) is 6.42 Å². The van der Waals surface area contributed by atoms with E-state index in [4.69, 9.17) is 0 Å². The molecule has 1 aliphatic heterocycles. The van der Waals surface area contributed by atoms with Crippen LogP contribution in [0.1, 0.15) is 40.0 Å². The Morgan fingerprint density at radius 3 is 2.74 bits per heavy atom. The number of quaternary nitrogens is 1. The fourth-order valence-corrected chi connectivity index (χ4v) is 4.80. The Labute approximate surface area is 161 Å². The predicted octanol–water partition coefficient (Wildman–Crippen LogP) is 2.37. The topological polar surface area (TPSA) is 67.3 Å². The predicted molar refractivity (Wildman–Crippen MR) is 108 cm³/mol. The van der Waals surface area contributed by atoms with E-state index >= 15 is 0 Å². The summed E-state index contributed by atoms with van der Waals surface area (Å²) in [6, 6.07) is 10.5. The number of nitrogens with zero attached hydrogens (tertiary/aromatic N) is 1. The lowest BCUT2D eigenvalue weighted by Crippen LogP contribution is -3.11. The van der Waals surface area contributed by atoms with Crippen LogP contribution in [0.2, 0.25) is 0 Å². The van der Waals surface area contributed by atoms with Gasteiger partial charge in [0.1, 0.15) is 11.4 Å². The third-order valence-electron chi connectivity index (χ3n) is 5.12. The summed E-state index contributed by atoms with van der Waals surface area (Å²) in [5.41, 5.74) is 3.27. The number of benzene rings is 1. The average Bonchev–Trinajstić information content (AvgIpc) is 3.00. The Kier molecular flexibility index (Phi) is 4.76. The first-order chi connectivity index (χ1) is 13.0. The van der Waals surface area contributed by atoms with Crippen LogP contribution in [0.5, 0.6) is 0 Å². The van der Waals surface area contributed by atoms with Gasteiger partial charge in [0.25, 0.3) is 5.56 Å². The van der Waals surface area contributed by atoms with Gasteiger partial charge in [-0.15, -0.1) is 11.3 Å². The number of ketones is 1. The second-order valence-corrected chi connectivity index (χ2v) is 8.03. The maximum absolute atomic E-state index is 12.5. The maximum atomic E-state index is 12.5. The van der Waals surface area contributed by atoms with Crippen molar-refractivity contribution in [1.29, 1.82) is 0 Å². The zero-order valence-corrected chi connectivity index (χ0v) is 16.3. The fourth-order valence-electron chi connectivity index (χ4n) is 3.70. The van der Waals surface area contributed by atoms with Crippen LogP contribution in [0.15, 0.2) is 41.2 Å². The van der Waals surface area contributed by atoms with Crippen molar-refractivity contribution in [3.8, 4) is 0 Å². The molecule has 4 rings (SSSR count). The lowest BCUT2D eigenvalue weighted by molar-refractivity contribution is -0.909. The smallest absolute Gasteiger partial charge is 0.260 e. The number of hydrogen-bond acceptors (Lipinski definition) is 4. The highest BCUT2D eigenvalue weighted by atomic mass is 32.1. The van der Waals surface area contributed by atoms with E-state index in [1.54, 1.807) is 0 Å².